The van der Waals surface area contributed by atoms with E-state index in [2.05, 4.69) is 34.2 Å². The van der Waals surface area contributed by atoms with Crippen molar-refractivity contribution in [2.75, 3.05) is 5.32 Å². The number of unbranched alkanes of at least 4 members (excludes halogenated alkanes) is 1. The van der Waals surface area contributed by atoms with Crippen LogP contribution in [0.4, 0.5) is 5.82 Å². The average molecular weight is 233 g/mol. The van der Waals surface area contributed by atoms with Crippen molar-refractivity contribution < 1.29 is 0 Å². The van der Waals surface area contributed by atoms with Gasteiger partial charge in [0.25, 0.3) is 5.78 Å². The van der Waals surface area contributed by atoms with Crippen LogP contribution in [0.25, 0.3) is 5.78 Å². The van der Waals surface area contributed by atoms with E-state index in [1.807, 2.05) is 13.1 Å². The molecule has 0 aromatic carbocycles. The molecule has 17 heavy (non-hydrogen) atoms. The Balaban J connectivity index is 2.22. The minimum absolute atomic E-state index is 0.434. The van der Waals surface area contributed by atoms with Gasteiger partial charge in [-0.15, -0.1) is 0 Å². The van der Waals surface area contributed by atoms with Crippen molar-refractivity contribution in [1.29, 1.82) is 0 Å². The first kappa shape index (κ1) is 11.8. The highest BCUT2D eigenvalue weighted by Crippen LogP contribution is 2.16. The smallest absolute Gasteiger partial charge is 0.254 e. The quantitative estimate of drug-likeness (QED) is 0.861. The van der Waals surface area contributed by atoms with Crippen LogP contribution in [-0.4, -0.2) is 25.6 Å². The van der Waals surface area contributed by atoms with E-state index in [4.69, 9.17) is 0 Å². The second-order valence-electron chi connectivity index (χ2n) is 4.45. The van der Waals surface area contributed by atoms with Crippen LogP contribution >= 0.6 is 0 Å². The molecule has 0 spiro atoms. The van der Waals surface area contributed by atoms with Crippen LogP contribution < -0.4 is 5.32 Å². The Hall–Kier alpha value is -1.65. The molecule has 1 N–H and O–H groups in total. The van der Waals surface area contributed by atoms with E-state index in [0.717, 1.165) is 17.8 Å². The maximum absolute atomic E-state index is 4.22. The fraction of sp³-hybridized carbons (Fsp3) is 0.583. The lowest BCUT2D eigenvalue weighted by molar-refractivity contribution is 0.639. The molecule has 92 valence electrons. The Kier molecular flexibility index (Phi) is 3.56. The van der Waals surface area contributed by atoms with Crippen LogP contribution in [-0.2, 0) is 0 Å². The van der Waals surface area contributed by atoms with Crippen LogP contribution in [0.5, 0.6) is 0 Å². The molecule has 5 heteroatoms. The maximum atomic E-state index is 4.22. The number of fused-ring (bicyclic) bond motifs is 1. The molecule has 5 nitrogen and oxygen atoms in total. The molecule has 0 bridgehead atoms. The summed E-state index contributed by atoms with van der Waals surface area (Å²) in [5.41, 5.74) is 1.09. The van der Waals surface area contributed by atoms with Gasteiger partial charge >= 0.3 is 0 Å². The Morgan fingerprint density at radius 2 is 2.24 bits per heavy atom. The van der Waals surface area contributed by atoms with Crippen molar-refractivity contribution in [2.45, 2.75) is 46.1 Å². The molecule has 1 unspecified atom stereocenters. The van der Waals surface area contributed by atoms with Crippen LogP contribution in [0.1, 0.15) is 38.7 Å². The summed E-state index contributed by atoms with van der Waals surface area (Å²) in [5, 5.41) is 7.69. The van der Waals surface area contributed by atoms with Crippen molar-refractivity contribution in [1.82, 2.24) is 19.6 Å². The number of hydrogen-bond acceptors (Lipinski definition) is 4. The molecule has 2 rings (SSSR count). The van der Waals surface area contributed by atoms with Crippen LogP contribution in [0.15, 0.2) is 12.5 Å². The number of anilines is 1. The minimum atomic E-state index is 0.434. The highest BCUT2D eigenvalue weighted by molar-refractivity contribution is 5.49. The molecule has 2 heterocycles. The van der Waals surface area contributed by atoms with E-state index in [9.17, 15) is 0 Å². The Bertz CT molecular complexity index is 491. The molecule has 0 saturated heterocycles. The second-order valence-corrected chi connectivity index (χ2v) is 4.45. The van der Waals surface area contributed by atoms with Gasteiger partial charge in [-0.05, 0) is 20.3 Å². The number of hydrogen-bond donors (Lipinski definition) is 1. The van der Waals surface area contributed by atoms with Gasteiger partial charge < -0.3 is 5.32 Å². The van der Waals surface area contributed by atoms with Gasteiger partial charge in [-0.1, -0.05) is 19.8 Å². The first-order valence-electron chi connectivity index (χ1n) is 6.14. The third-order valence-electron chi connectivity index (χ3n) is 2.86. The summed E-state index contributed by atoms with van der Waals surface area (Å²) >= 11 is 0. The van der Waals surface area contributed by atoms with Gasteiger partial charge in [0, 0.05) is 17.8 Å². The summed E-state index contributed by atoms with van der Waals surface area (Å²) in [6.07, 6.45) is 6.98. The van der Waals surface area contributed by atoms with E-state index < -0.39 is 0 Å². The summed E-state index contributed by atoms with van der Waals surface area (Å²) in [6, 6.07) is 0.434. The molecule has 0 aliphatic heterocycles. The first-order chi connectivity index (χ1) is 8.22. The average Bonchev–Trinajstić information content (AvgIpc) is 2.78. The SMILES string of the molecule is CCCCC(C)Nc1c(C)cnc2ncnn12. The topological polar surface area (TPSA) is 55.1 Å². The maximum Gasteiger partial charge on any atom is 0.254 e. The molecular weight excluding hydrogens is 214 g/mol. The molecule has 0 fully saturated rings. The van der Waals surface area contributed by atoms with Crippen LogP contribution in [0, 0.1) is 6.92 Å². The van der Waals surface area contributed by atoms with Crippen molar-refractivity contribution in [2.24, 2.45) is 0 Å². The lowest BCUT2D eigenvalue weighted by Crippen LogP contribution is -2.18. The molecule has 0 aliphatic carbocycles. The predicted molar refractivity (Wildman–Crippen MR) is 68.1 cm³/mol. The van der Waals surface area contributed by atoms with E-state index in [0.29, 0.717) is 11.8 Å². The van der Waals surface area contributed by atoms with Gasteiger partial charge in [-0.3, -0.25) is 0 Å². The zero-order valence-corrected chi connectivity index (χ0v) is 10.6. The van der Waals surface area contributed by atoms with Crippen molar-refractivity contribution >= 4 is 11.6 Å². The normalized spacial score (nSPS) is 12.9. The molecule has 0 radical (unpaired) electrons. The van der Waals surface area contributed by atoms with Gasteiger partial charge in [0.05, 0.1) is 0 Å². The first-order valence-corrected chi connectivity index (χ1v) is 6.14. The fourth-order valence-electron chi connectivity index (χ4n) is 1.85. The Labute approximate surface area is 101 Å². The minimum Gasteiger partial charge on any atom is -0.367 e. The summed E-state index contributed by atoms with van der Waals surface area (Å²) in [4.78, 5) is 8.31. The molecule has 0 amide bonds. The zero-order chi connectivity index (χ0) is 12.3. The van der Waals surface area contributed by atoms with Crippen molar-refractivity contribution in [3.05, 3.63) is 18.1 Å². The molecule has 0 aliphatic rings. The van der Waals surface area contributed by atoms with Gasteiger partial charge in [0.2, 0.25) is 0 Å². The van der Waals surface area contributed by atoms with E-state index in [1.165, 1.54) is 19.2 Å². The molecule has 2 aromatic heterocycles. The van der Waals surface area contributed by atoms with Crippen LogP contribution in [0.2, 0.25) is 0 Å². The van der Waals surface area contributed by atoms with Gasteiger partial charge in [-0.2, -0.15) is 14.6 Å². The van der Waals surface area contributed by atoms with Gasteiger partial charge in [-0.25, -0.2) is 4.98 Å². The van der Waals surface area contributed by atoms with Gasteiger partial charge in [0.15, 0.2) is 0 Å². The lowest BCUT2D eigenvalue weighted by atomic mass is 10.1. The Morgan fingerprint density at radius 1 is 1.41 bits per heavy atom. The van der Waals surface area contributed by atoms with E-state index in [-0.39, 0.29) is 0 Å². The fourth-order valence-corrected chi connectivity index (χ4v) is 1.85. The highest BCUT2D eigenvalue weighted by atomic mass is 15.4. The van der Waals surface area contributed by atoms with Crippen LogP contribution in [0.3, 0.4) is 0 Å². The van der Waals surface area contributed by atoms with Crippen molar-refractivity contribution in [3.63, 3.8) is 0 Å². The largest absolute Gasteiger partial charge is 0.367 e. The molecule has 2 aromatic rings. The third kappa shape index (κ3) is 2.54. The van der Waals surface area contributed by atoms with Crippen molar-refractivity contribution in [3.8, 4) is 0 Å². The molecule has 1 atom stereocenters. The number of nitrogens with one attached hydrogen (secondary N) is 1. The summed E-state index contributed by atoms with van der Waals surface area (Å²) in [6.45, 7) is 6.43. The second kappa shape index (κ2) is 5.12. The monoisotopic (exact) mass is 233 g/mol. The molecular formula is C12H19N5. The number of aromatic nitrogens is 4. The Morgan fingerprint density at radius 3 is 3.00 bits per heavy atom. The predicted octanol–water partition coefficient (Wildman–Crippen LogP) is 2.42. The van der Waals surface area contributed by atoms with E-state index >= 15 is 0 Å². The summed E-state index contributed by atoms with van der Waals surface area (Å²) in [5.74, 6) is 1.64. The van der Waals surface area contributed by atoms with Gasteiger partial charge in [0.1, 0.15) is 12.1 Å². The zero-order valence-electron chi connectivity index (χ0n) is 10.6. The number of aryl methyl sites for hydroxylation is 1. The number of nitrogens with zero attached hydrogens (tertiary/aromatic N) is 4. The molecule has 0 saturated carbocycles. The standard InChI is InChI=1S/C12H19N5/c1-4-5-6-10(3)16-11-9(2)7-13-12-14-8-15-17(11)12/h7-8,10,16H,4-6H2,1-3H3. The third-order valence-corrected chi connectivity index (χ3v) is 2.86. The number of rotatable bonds is 5. The highest BCUT2D eigenvalue weighted by Gasteiger charge is 2.09. The van der Waals surface area contributed by atoms with E-state index in [1.54, 1.807) is 4.52 Å². The summed E-state index contributed by atoms with van der Waals surface area (Å²) < 4.78 is 1.76. The summed E-state index contributed by atoms with van der Waals surface area (Å²) in [7, 11) is 0. The lowest BCUT2D eigenvalue weighted by Gasteiger charge is -2.16.